The lowest BCUT2D eigenvalue weighted by molar-refractivity contribution is -0.138. The monoisotopic (exact) mass is 402 g/mol. The van der Waals surface area contributed by atoms with E-state index in [2.05, 4.69) is 6.92 Å². The average molecular weight is 403 g/mol. The molecule has 0 radical (unpaired) electrons. The molecule has 0 saturated heterocycles. The third-order valence-corrected chi connectivity index (χ3v) is 5.27. The molecule has 0 amide bonds. The molecule has 0 aromatic carbocycles. The fraction of sp³-hybridized carbons (Fsp3) is 0.909. The van der Waals surface area contributed by atoms with Crippen LogP contribution in [-0.2, 0) is 9.53 Å². The van der Waals surface area contributed by atoms with Gasteiger partial charge in [0.15, 0.2) is 5.05 Å². The van der Waals surface area contributed by atoms with Gasteiger partial charge in [-0.25, -0.2) is 0 Å². The standard InChI is InChI=1S/C22H42O4S/c1-2-3-4-5-6-7-8-9-10-11-12-13-14-15-16-17-18-26-22(27)20(23)19-21(24)25/h20,23H,2-19H2,1H3,(H,24,25). The van der Waals surface area contributed by atoms with E-state index in [1.165, 1.54) is 89.9 Å². The van der Waals surface area contributed by atoms with Gasteiger partial charge < -0.3 is 14.9 Å². The summed E-state index contributed by atoms with van der Waals surface area (Å²) < 4.78 is 5.24. The molecule has 0 heterocycles. The molecule has 0 rings (SSSR count). The van der Waals surface area contributed by atoms with E-state index in [9.17, 15) is 9.90 Å². The topological polar surface area (TPSA) is 66.8 Å². The maximum Gasteiger partial charge on any atom is 0.306 e. The van der Waals surface area contributed by atoms with Gasteiger partial charge in [0, 0.05) is 0 Å². The van der Waals surface area contributed by atoms with Gasteiger partial charge in [-0.2, -0.15) is 0 Å². The zero-order valence-electron chi connectivity index (χ0n) is 17.4. The van der Waals surface area contributed by atoms with Gasteiger partial charge in [0.05, 0.1) is 13.0 Å². The highest BCUT2D eigenvalue weighted by Gasteiger charge is 2.15. The second-order valence-corrected chi connectivity index (χ2v) is 7.99. The van der Waals surface area contributed by atoms with Crippen LogP contribution in [0.4, 0.5) is 0 Å². The second-order valence-electron chi connectivity index (χ2n) is 7.58. The van der Waals surface area contributed by atoms with Gasteiger partial charge in [0.25, 0.3) is 0 Å². The van der Waals surface area contributed by atoms with Crippen LogP contribution in [0.15, 0.2) is 0 Å². The van der Waals surface area contributed by atoms with Gasteiger partial charge >= 0.3 is 5.97 Å². The lowest BCUT2D eigenvalue weighted by Gasteiger charge is -2.11. The molecular formula is C22H42O4S. The molecule has 0 fully saturated rings. The van der Waals surface area contributed by atoms with E-state index in [1.807, 2.05) is 0 Å². The maximum atomic E-state index is 10.5. The zero-order chi connectivity index (χ0) is 20.2. The number of hydrogen-bond acceptors (Lipinski definition) is 4. The Morgan fingerprint density at radius 1 is 0.778 bits per heavy atom. The summed E-state index contributed by atoms with van der Waals surface area (Å²) in [6.07, 6.45) is 19.5. The van der Waals surface area contributed by atoms with Gasteiger partial charge in [-0.1, -0.05) is 103 Å². The predicted octanol–water partition coefficient (Wildman–Crippen LogP) is 6.43. The van der Waals surface area contributed by atoms with Crippen molar-refractivity contribution in [1.29, 1.82) is 0 Å². The van der Waals surface area contributed by atoms with Crippen molar-refractivity contribution in [2.75, 3.05) is 6.61 Å². The van der Waals surface area contributed by atoms with Crippen molar-refractivity contribution in [2.45, 2.75) is 122 Å². The Balaban J connectivity index is 3.19. The van der Waals surface area contributed by atoms with Crippen LogP contribution in [0, 0.1) is 0 Å². The fourth-order valence-electron chi connectivity index (χ4n) is 3.17. The van der Waals surface area contributed by atoms with Gasteiger partial charge in [0.2, 0.25) is 0 Å². The Hall–Kier alpha value is -0.680. The number of rotatable bonds is 20. The summed E-state index contributed by atoms with van der Waals surface area (Å²) in [5, 5.41) is 18.1. The Kier molecular flexibility index (Phi) is 19.6. The molecule has 1 unspecified atom stereocenters. The Bertz CT molecular complexity index is 360. The molecule has 0 spiro atoms. The highest BCUT2D eigenvalue weighted by atomic mass is 32.1. The molecule has 0 aliphatic heterocycles. The molecule has 160 valence electrons. The molecule has 0 aliphatic carbocycles. The van der Waals surface area contributed by atoms with Gasteiger partial charge in [0.1, 0.15) is 6.10 Å². The summed E-state index contributed by atoms with van der Waals surface area (Å²) in [5.41, 5.74) is 0. The Morgan fingerprint density at radius 2 is 1.15 bits per heavy atom. The van der Waals surface area contributed by atoms with Crippen LogP contribution in [0.25, 0.3) is 0 Å². The number of aliphatic hydroxyl groups is 1. The van der Waals surface area contributed by atoms with Crippen molar-refractivity contribution >= 4 is 23.2 Å². The first kappa shape index (κ1) is 26.3. The molecule has 27 heavy (non-hydrogen) atoms. The summed E-state index contributed by atoms with van der Waals surface area (Å²) in [4.78, 5) is 10.5. The van der Waals surface area contributed by atoms with Gasteiger partial charge in [-0.05, 0) is 18.6 Å². The van der Waals surface area contributed by atoms with E-state index < -0.39 is 18.5 Å². The number of carboxylic acid groups (broad SMARTS) is 1. The van der Waals surface area contributed by atoms with Crippen molar-refractivity contribution in [1.82, 2.24) is 0 Å². The highest BCUT2D eigenvalue weighted by molar-refractivity contribution is 7.80. The van der Waals surface area contributed by atoms with Crippen LogP contribution in [0.5, 0.6) is 0 Å². The third kappa shape index (κ3) is 19.9. The molecule has 0 aromatic rings. The van der Waals surface area contributed by atoms with E-state index in [0.29, 0.717) is 6.61 Å². The van der Waals surface area contributed by atoms with Crippen LogP contribution in [-0.4, -0.2) is 33.9 Å². The van der Waals surface area contributed by atoms with E-state index in [0.717, 1.165) is 12.8 Å². The van der Waals surface area contributed by atoms with Crippen molar-refractivity contribution < 1.29 is 19.7 Å². The number of ether oxygens (including phenoxy) is 1. The lowest BCUT2D eigenvalue weighted by Crippen LogP contribution is -2.24. The highest BCUT2D eigenvalue weighted by Crippen LogP contribution is 2.13. The van der Waals surface area contributed by atoms with Crippen molar-refractivity contribution in [3.05, 3.63) is 0 Å². The Morgan fingerprint density at radius 3 is 1.52 bits per heavy atom. The lowest BCUT2D eigenvalue weighted by atomic mass is 10.0. The largest absolute Gasteiger partial charge is 0.484 e. The third-order valence-electron chi connectivity index (χ3n) is 4.88. The number of carboxylic acids is 1. The fourth-order valence-corrected chi connectivity index (χ4v) is 3.33. The van der Waals surface area contributed by atoms with Crippen LogP contribution in [0.3, 0.4) is 0 Å². The molecule has 0 bridgehead atoms. The molecule has 1 atom stereocenters. The predicted molar refractivity (Wildman–Crippen MR) is 116 cm³/mol. The molecule has 0 aliphatic rings. The first-order chi connectivity index (χ1) is 13.1. The number of unbranched alkanes of at least 4 members (excludes halogenated alkanes) is 15. The smallest absolute Gasteiger partial charge is 0.306 e. The maximum absolute atomic E-state index is 10.5. The van der Waals surface area contributed by atoms with Crippen molar-refractivity contribution in [2.24, 2.45) is 0 Å². The summed E-state index contributed by atoms with van der Waals surface area (Å²) in [6.45, 7) is 2.73. The van der Waals surface area contributed by atoms with E-state index in [4.69, 9.17) is 22.1 Å². The minimum atomic E-state index is -1.18. The number of aliphatic carboxylic acids is 1. The first-order valence-electron chi connectivity index (χ1n) is 11.1. The molecule has 0 saturated carbocycles. The summed E-state index contributed by atoms with van der Waals surface area (Å²) in [5.74, 6) is -1.07. The van der Waals surface area contributed by atoms with E-state index >= 15 is 0 Å². The number of thiocarbonyl (C=S) groups is 1. The summed E-state index contributed by atoms with van der Waals surface area (Å²) >= 11 is 4.87. The minimum absolute atomic E-state index is 0.00152. The molecule has 2 N–H and O–H groups in total. The normalized spacial score (nSPS) is 12.1. The average Bonchev–Trinajstić information content (AvgIpc) is 2.63. The SMILES string of the molecule is CCCCCCCCCCCCCCCCCCOC(=S)C(O)CC(=O)O. The van der Waals surface area contributed by atoms with Gasteiger partial charge in [-0.15, -0.1) is 0 Å². The number of carbonyl (C=O) groups is 1. The molecule has 0 aromatic heterocycles. The van der Waals surface area contributed by atoms with Crippen LogP contribution in [0.2, 0.25) is 0 Å². The number of aliphatic hydroxyl groups excluding tert-OH is 1. The first-order valence-corrected chi connectivity index (χ1v) is 11.5. The van der Waals surface area contributed by atoms with Crippen molar-refractivity contribution in [3.63, 3.8) is 0 Å². The molecule has 4 nitrogen and oxygen atoms in total. The van der Waals surface area contributed by atoms with Gasteiger partial charge in [-0.3, -0.25) is 4.79 Å². The minimum Gasteiger partial charge on any atom is -0.484 e. The van der Waals surface area contributed by atoms with Crippen molar-refractivity contribution in [3.8, 4) is 0 Å². The summed E-state index contributed by atoms with van der Waals surface area (Å²) in [7, 11) is 0. The zero-order valence-corrected chi connectivity index (χ0v) is 18.2. The molecule has 5 heteroatoms. The van der Waals surface area contributed by atoms with Crippen LogP contribution >= 0.6 is 12.2 Å². The van der Waals surface area contributed by atoms with E-state index in [1.54, 1.807) is 0 Å². The van der Waals surface area contributed by atoms with Crippen LogP contribution < -0.4 is 0 Å². The Labute approximate surface area is 172 Å². The van der Waals surface area contributed by atoms with E-state index in [-0.39, 0.29) is 5.05 Å². The summed E-state index contributed by atoms with van der Waals surface area (Å²) in [6, 6.07) is 0. The number of hydrogen-bond donors (Lipinski definition) is 2. The quantitative estimate of drug-likeness (QED) is 0.181. The van der Waals surface area contributed by atoms with Crippen LogP contribution in [0.1, 0.15) is 116 Å². The molecular weight excluding hydrogens is 360 g/mol. The second kappa shape index (κ2) is 20.1.